The van der Waals surface area contributed by atoms with Crippen LogP contribution in [0.4, 0.5) is 27.8 Å². The van der Waals surface area contributed by atoms with E-state index in [0.29, 0.717) is 6.54 Å². The van der Waals surface area contributed by atoms with Crippen molar-refractivity contribution < 1.29 is 36.3 Å². The minimum Gasteiger partial charge on any atom is -0.480 e. The van der Waals surface area contributed by atoms with Crippen LogP contribution in [0.25, 0.3) is 16.8 Å². The van der Waals surface area contributed by atoms with Gasteiger partial charge >= 0.3 is 6.18 Å². The SMILES string of the molecule is COc1ncc(-c2cc(C(F)(F)F)c3c(N)ncnn23)cc1C(=O)N[C@@H]1CN(C(=O)C2CCC(F)(F)C2)C[C@@H]1C. The highest BCUT2D eigenvalue weighted by molar-refractivity contribution is 5.98. The lowest BCUT2D eigenvalue weighted by Gasteiger charge is -2.21. The Bertz CT molecular complexity index is 1470. The van der Waals surface area contributed by atoms with Gasteiger partial charge in [0, 0.05) is 43.6 Å². The van der Waals surface area contributed by atoms with Gasteiger partial charge in [0.25, 0.3) is 5.91 Å². The average molecular weight is 568 g/mol. The number of amides is 2. The number of ether oxygens (including phenoxy) is 1. The Morgan fingerprint density at radius 2 is 1.95 bits per heavy atom. The van der Waals surface area contributed by atoms with Crippen molar-refractivity contribution in [1.29, 1.82) is 0 Å². The maximum atomic E-state index is 13.8. The molecule has 1 saturated carbocycles. The van der Waals surface area contributed by atoms with Crippen LogP contribution < -0.4 is 15.8 Å². The van der Waals surface area contributed by atoms with E-state index in [9.17, 15) is 31.5 Å². The molecule has 1 unspecified atom stereocenters. The number of anilines is 1. The summed E-state index contributed by atoms with van der Waals surface area (Å²) >= 11 is 0. The van der Waals surface area contributed by atoms with E-state index in [2.05, 4.69) is 20.4 Å². The molecule has 0 radical (unpaired) electrons. The van der Waals surface area contributed by atoms with Gasteiger partial charge in [-0.2, -0.15) is 18.3 Å². The van der Waals surface area contributed by atoms with Crippen LogP contribution in [-0.4, -0.2) is 68.5 Å². The van der Waals surface area contributed by atoms with Gasteiger partial charge in [0.05, 0.1) is 24.4 Å². The summed E-state index contributed by atoms with van der Waals surface area (Å²) in [6, 6.07) is 1.68. The quantitative estimate of drug-likeness (QED) is 0.453. The van der Waals surface area contributed by atoms with Crippen molar-refractivity contribution in [3.8, 4) is 17.1 Å². The Morgan fingerprint density at radius 1 is 1.20 bits per heavy atom. The van der Waals surface area contributed by atoms with Crippen LogP contribution in [0.2, 0.25) is 0 Å². The minimum absolute atomic E-state index is 0.0278. The second-order valence-electron chi connectivity index (χ2n) is 10.2. The standard InChI is InChI=1S/C25H26F5N7O3/c1-12-9-36(23(39)13-3-4-24(26,27)7-13)10-17(12)35-21(38)15-5-14(8-32-22(15)40-2)18-6-16(25(28,29)30)19-20(31)33-11-34-37(18)19/h5-6,8,11-13,17H,3-4,7,9-10H2,1-2H3,(H,35,38)(H2,31,33,34)/t12-,13?,17+/m0/s1. The molecule has 2 amide bonds. The number of nitrogens with one attached hydrogen (secondary N) is 1. The maximum Gasteiger partial charge on any atom is 0.418 e. The summed E-state index contributed by atoms with van der Waals surface area (Å²) in [6.07, 6.45) is -3.19. The number of alkyl halides is 5. The van der Waals surface area contributed by atoms with Gasteiger partial charge in [0.15, 0.2) is 5.82 Å². The molecule has 3 N–H and O–H groups in total. The third-order valence-corrected chi connectivity index (χ3v) is 7.47. The zero-order valence-electron chi connectivity index (χ0n) is 21.5. The van der Waals surface area contributed by atoms with Crippen LogP contribution in [0.5, 0.6) is 5.88 Å². The fourth-order valence-corrected chi connectivity index (χ4v) is 5.41. The second-order valence-corrected chi connectivity index (χ2v) is 10.2. The lowest BCUT2D eigenvalue weighted by molar-refractivity contribution is -0.136. The van der Waals surface area contributed by atoms with Crippen molar-refractivity contribution in [2.24, 2.45) is 11.8 Å². The Kier molecular flexibility index (Phi) is 6.78. The second kappa shape index (κ2) is 9.86. The third-order valence-electron chi connectivity index (χ3n) is 7.47. The van der Waals surface area contributed by atoms with Crippen LogP contribution in [0.3, 0.4) is 0 Å². The zero-order valence-corrected chi connectivity index (χ0v) is 21.5. The molecule has 40 heavy (non-hydrogen) atoms. The molecule has 3 aromatic rings. The van der Waals surface area contributed by atoms with Crippen LogP contribution in [0, 0.1) is 11.8 Å². The molecular formula is C25H26F5N7O3. The molecule has 2 aliphatic rings. The predicted octanol–water partition coefficient (Wildman–Crippen LogP) is 3.41. The highest BCUT2D eigenvalue weighted by Crippen LogP contribution is 2.41. The molecule has 2 fully saturated rings. The van der Waals surface area contributed by atoms with E-state index in [1.54, 1.807) is 0 Å². The Balaban J connectivity index is 1.40. The van der Waals surface area contributed by atoms with Gasteiger partial charge in [0.1, 0.15) is 17.4 Å². The molecule has 15 heteroatoms. The van der Waals surface area contributed by atoms with Crippen molar-refractivity contribution in [3.05, 3.63) is 35.8 Å². The number of pyridine rings is 1. The number of carbonyl (C=O) groups excluding carboxylic acids is 2. The number of rotatable bonds is 5. The molecule has 4 heterocycles. The number of hydrogen-bond acceptors (Lipinski definition) is 7. The lowest BCUT2D eigenvalue weighted by atomic mass is 10.1. The van der Waals surface area contributed by atoms with Gasteiger partial charge in [-0.1, -0.05) is 6.92 Å². The monoisotopic (exact) mass is 567 g/mol. The van der Waals surface area contributed by atoms with Crippen molar-refractivity contribution in [2.75, 3.05) is 25.9 Å². The Hall–Kier alpha value is -4.04. The average Bonchev–Trinajstić information content (AvgIpc) is 3.58. The lowest BCUT2D eigenvalue weighted by Crippen LogP contribution is -2.41. The molecule has 1 aliphatic heterocycles. The summed E-state index contributed by atoms with van der Waals surface area (Å²) in [5.74, 6) is -5.21. The normalized spacial score (nSPS) is 22.6. The summed E-state index contributed by atoms with van der Waals surface area (Å²) in [7, 11) is 1.29. The zero-order chi connectivity index (χ0) is 29.0. The summed E-state index contributed by atoms with van der Waals surface area (Å²) in [4.78, 5) is 35.4. The summed E-state index contributed by atoms with van der Waals surface area (Å²) < 4.78 is 74.7. The first kappa shape index (κ1) is 27.5. The Labute approximate surface area is 224 Å². The number of hydrogen-bond donors (Lipinski definition) is 2. The molecule has 214 valence electrons. The van der Waals surface area contributed by atoms with Crippen molar-refractivity contribution >= 4 is 23.1 Å². The number of fused-ring (bicyclic) bond motifs is 1. The summed E-state index contributed by atoms with van der Waals surface area (Å²) in [6.45, 7) is 2.25. The number of carbonyl (C=O) groups is 2. The van der Waals surface area contributed by atoms with E-state index >= 15 is 0 Å². The number of methoxy groups -OCH3 is 1. The van der Waals surface area contributed by atoms with Gasteiger partial charge < -0.3 is 20.7 Å². The summed E-state index contributed by atoms with van der Waals surface area (Å²) in [5.41, 5.74) is 4.29. The van der Waals surface area contributed by atoms with E-state index < -0.39 is 47.5 Å². The fourth-order valence-electron chi connectivity index (χ4n) is 5.41. The molecule has 10 nitrogen and oxygen atoms in total. The van der Waals surface area contributed by atoms with Crippen LogP contribution in [0.1, 0.15) is 42.1 Å². The number of nitrogens with two attached hydrogens (primary N) is 1. The van der Waals surface area contributed by atoms with E-state index in [1.807, 2.05) is 6.92 Å². The highest BCUT2D eigenvalue weighted by atomic mass is 19.4. The van der Waals surface area contributed by atoms with E-state index in [-0.39, 0.29) is 59.7 Å². The number of nitrogen functional groups attached to an aromatic ring is 1. The molecule has 1 saturated heterocycles. The largest absolute Gasteiger partial charge is 0.480 e. The number of nitrogens with zero attached hydrogens (tertiary/aromatic N) is 5. The topological polar surface area (TPSA) is 128 Å². The number of aromatic nitrogens is 4. The first-order valence-electron chi connectivity index (χ1n) is 12.5. The molecule has 0 bridgehead atoms. The third kappa shape index (κ3) is 4.99. The predicted molar refractivity (Wildman–Crippen MR) is 131 cm³/mol. The van der Waals surface area contributed by atoms with E-state index in [0.717, 1.165) is 16.9 Å². The van der Waals surface area contributed by atoms with E-state index in [1.165, 1.54) is 24.3 Å². The number of likely N-dealkylation sites (tertiary alicyclic amines) is 1. The molecule has 3 aromatic heterocycles. The molecule has 0 aromatic carbocycles. The first-order valence-corrected chi connectivity index (χ1v) is 12.5. The number of halogens is 5. The minimum atomic E-state index is -4.75. The maximum absolute atomic E-state index is 13.8. The Morgan fingerprint density at radius 3 is 2.60 bits per heavy atom. The molecule has 0 spiro atoms. The van der Waals surface area contributed by atoms with Gasteiger partial charge in [-0.15, -0.1) is 0 Å². The molecular weight excluding hydrogens is 541 g/mol. The molecule has 3 atom stereocenters. The van der Waals surface area contributed by atoms with Crippen molar-refractivity contribution in [3.63, 3.8) is 0 Å². The highest BCUT2D eigenvalue weighted by Gasteiger charge is 2.45. The van der Waals surface area contributed by atoms with Crippen LogP contribution in [0.15, 0.2) is 24.7 Å². The molecule has 1 aliphatic carbocycles. The summed E-state index contributed by atoms with van der Waals surface area (Å²) in [5, 5.41) is 6.74. The van der Waals surface area contributed by atoms with Crippen molar-refractivity contribution in [2.45, 2.75) is 44.3 Å². The van der Waals surface area contributed by atoms with Gasteiger partial charge in [-0.3, -0.25) is 9.59 Å². The van der Waals surface area contributed by atoms with Gasteiger partial charge in [0.2, 0.25) is 17.7 Å². The van der Waals surface area contributed by atoms with Crippen molar-refractivity contribution in [1.82, 2.24) is 29.8 Å². The first-order chi connectivity index (χ1) is 18.8. The van der Waals surface area contributed by atoms with Gasteiger partial charge in [-0.25, -0.2) is 23.3 Å². The fraction of sp³-hybridized carbons (Fsp3) is 0.480. The molecule has 5 rings (SSSR count). The van der Waals surface area contributed by atoms with Gasteiger partial charge in [-0.05, 0) is 24.5 Å². The van der Waals surface area contributed by atoms with Crippen LogP contribution in [-0.2, 0) is 11.0 Å². The van der Waals surface area contributed by atoms with E-state index in [4.69, 9.17) is 10.5 Å². The smallest absolute Gasteiger partial charge is 0.418 e. The van der Waals surface area contributed by atoms with Crippen LogP contribution >= 0.6 is 0 Å².